The van der Waals surface area contributed by atoms with Gasteiger partial charge in [0.15, 0.2) is 11.5 Å². The molecule has 0 aliphatic heterocycles. The molecule has 0 aromatic heterocycles. The first-order chi connectivity index (χ1) is 7.22. The lowest BCUT2D eigenvalue weighted by atomic mass is 10.1. The van der Waals surface area contributed by atoms with Crippen molar-refractivity contribution in [3.8, 4) is 11.5 Å². The van der Waals surface area contributed by atoms with Crippen molar-refractivity contribution in [2.24, 2.45) is 0 Å². The molecule has 0 saturated heterocycles. The largest absolute Gasteiger partial charge is 0.493 e. The summed E-state index contributed by atoms with van der Waals surface area (Å²) in [6, 6.07) is 5.84. The quantitative estimate of drug-likeness (QED) is 0.763. The number of halogens is 1. The van der Waals surface area contributed by atoms with E-state index in [2.05, 4.69) is 22.5 Å². The Bertz CT molecular complexity index is 347. The molecule has 0 spiro atoms. The van der Waals surface area contributed by atoms with Crippen LogP contribution in [0.1, 0.15) is 12.0 Å². The summed E-state index contributed by atoms with van der Waals surface area (Å²) in [7, 11) is 3.26. The Labute approximate surface area is 99.0 Å². The molecule has 0 heterocycles. The lowest BCUT2D eigenvalue weighted by Crippen LogP contribution is -1.92. The number of rotatable bonds is 5. The predicted octanol–water partition coefficient (Wildman–Crippen LogP) is 3.50. The molecule has 0 fully saturated rings. The Balaban J connectivity index is 2.97. The lowest BCUT2D eigenvalue weighted by molar-refractivity contribution is 0.355. The van der Waals surface area contributed by atoms with E-state index in [1.165, 1.54) is 0 Å². The van der Waals surface area contributed by atoms with E-state index < -0.39 is 0 Å². The fourth-order valence-electron chi connectivity index (χ4n) is 1.31. The van der Waals surface area contributed by atoms with Crippen LogP contribution >= 0.6 is 15.9 Å². The lowest BCUT2D eigenvalue weighted by Gasteiger charge is -2.10. The summed E-state index contributed by atoms with van der Waals surface area (Å²) in [5.41, 5.74) is 2.18. The zero-order chi connectivity index (χ0) is 11.3. The molecule has 0 unspecified atom stereocenters. The maximum absolute atomic E-state index is 5.23. The third kappa shape index (κ3) is 2.99. The zero-order valence-electron chi connectivity index (χ0n) is 9.05. The average Bonchev–Trinajstić information content (AvgIpc) is 2.28. The van der Waals surface area contributed by atoms with Crippen molar-refractivity contribution in [3.05, 3.63) is 30.3 Å². The van der Waals surface area contributed by atoms with Gasteiger partial charge in [-0.15, -0.1) is 0 Å². The van der Waals surface area contributed by atoms with Gasteiger partial charge in [0, 0.05) is 5.33 Å². The van der Waals surface area contributed by atoms with Crippen LogP contribution in [-0.2, 0) is 0 Å². The Hall–Kier alpha value is -0.960. The molecule has 0 saturated carbocycles. The predicted molar refractivity (Wildman–Crippen MR) is 67.0 cm³/mol. The molecule has 0 amide bonds. The van der Waals surface area contributed by atoms with E-state index in [0.29, 0.717) is 0 Å². The molecule has 0 aliphatic carbocycles. The van der Waals surface area contributed by atoms with Gasteiger partial charge in [-0.1, -0.05) is 28.6 Å². The summed E-state index contributed by atoms with van der Waals surface area (Å²) >= 11 is 3.39. The van der Waals surface area contributed by atoms with Crippen LogP contribution < -0.4 is 9.47 Å². The van der Waals surface area contributed by atoms with E-state index in [1.807, 2.05) is 18.2 Å². The highest BCUT2D eigenvalue weighted by Gasteiger charge is 2.06. The molecule has 0 bridgehead atoms. The van der Waals surface area contributed by atoms with E-state index >= 15 is 0 Å². The van der Waals surface area contributed by atoms with Gasteiger partial charge in [0.05, 0.1) is 14.2 Å². The molecular weight excluding hydrogens is 256 g/mol. The minimum absolute atomic E-state index is 0.741. The highest BCUT2D eigenvalue weighted by atomic mass is 79.9. The summed E-state index contributed by atoms with van der Waals surface area (Å²) in [6.45, 7) is 4.02. The van der Waals surface area contributed by atoms with Crippen molar-refractivity contribution >= 4 is 21.5 Å². The zero-order valence-corrected chi connectivity index (χ0v) is 10.6. The average molecular weight is 271 g/mol. The highest BCUT2D eigenvalue weighted by Crippen LogP contribution is 2.30. The topological polar surface area (TPSA) is 18.5 Å². The number of benzene rings is 1. The second-order valence-corrected chi connectivity index (χ2v) is 3.91. The number of hydrogen-bond acceptors (Lipinski definition) is 2. The molecule has 15 heavy (non-hydrogen) atoms. The van der Waals surface area contributed by atoms with Gasteiger partial charge in [0.2, 0.25) is 0 Å². The summed E-state index contributed by atoms with van der Waals surface area (Å²) in [6.07, 6.45) is 0.926. The van der Waals surface area contributed by atoms with E-state index in [-0.39, 0.29) is 0 Å². The first-order valence-corrected chi connectivity index (χ1v) is 5.81. The molecule has 0 N–H and O–H groups in total. The summed E-state index contributed by atoms with van der Waals surface area (Å²) < 4.78 is 10.4. The van der Waals surface area contributed by atoms with Gasteiger partial charge >= 0.3 is 0 Å². The first-order valence-electron chi connectivity index (χ1n) is 4.69. The monoisotopic (exact) mass is 270 g/mol. The maximum Gasteiger partial charge on any atom is 0.161 e. The standard InChI is InChI=1S/C12H15BrO2/c1-9(6-7-13)10-4-5-11(14-2)12(8-10)15-3/h4-5,8H,1,6-7H2,2-3H3. The molecule has 1 aromatic carbocycles. The van der Waals surface area contributed by atoms with E-state index in [0.717, 1.165) is 34.4 Å². The van der Waals surface area contributed by atoms with Crippen molar-refractivity contribution in [1.29, 1.82) is 0 Å². The normalized spacial score (nSPS) is 9.80. The first kappa shape index (κ1) is 12.1. The van der Waals surface area contributed by atoms with Crippen LogP contribution in [0.25, 0.3) is 5.57 Å². The van der Waals surface area contributed by atoms with Crippen LogP contribution in [0.3, 0.4) is 0 Å². The second-order valence-electron chi connectivity index (χ2n) is 3.11. The van der Waals surface area contributed by atoms with Crippen LogP contribution in [0.2, 0.25) is 0 Å². The molecule has 0 atom stereocenters. The van der Waals surface area contributed by atoms with Gasteiger partial charge in [-0.3, -0.25) is 0 Å². The number of alkyl halides is 1. The SMILES string of the molecule is C=C(CCBr)c1ccc(OC)c(OC)c1. The van der Waals surface area contributed by atoms with Gasteiger partial charge in [0.1, 0.15) is 0 Å². The smallest absolute Gasteiger partial charge is 0.161 e. The Morgan fingerprint density at radius 1 is 1.27 bits per heavy atom. The Morgan fingerprint density at radius 2 is 1.93 bits per heavy atom. The molecule has 82 valence electrons. The van der Waals surface area contributed by atoms with E-state index in [4.69, 9.17) is 9.47 Å². The molecule has 0 aliphatic rings. The summed E-state index contributed by atoms with van der Waals surface area (Å²) in [5, 5.41) is 0.917. The van der Waals surface area contributed by atoms with Crippen LogP contribution in [0.15, 0.2) is 24.8 Å². The molecular formula is C12H15BrO2. The number of hydrogen-bond donors (Lipinski definition) is 0. The van der Waals surface area contributed by atoms with Gasteiger partial charge in [-0.05, 0) is 29.7 Å². The third-order valence-electron chi connectivity index (χ3n) is 2.19. The summed E-state index contributed by atoms with van der Waals surface area (Å²) in [4.78, 5) is 0. The maximum atomic E-state index is 5.23. The van der Waals surface area contributed by atoms with Crippen LogP contribution in [-0.4, -0.2) is 19.5 Å². The fraction of sp³-hybridized carbons (Fsp3) is 0.333. The number of ether oxygens (including phenoxy) is 2. The van der Waals surface area contributed by atoms with Gasteiger partial charge < -0.3 is 9.47 Å². The van der Waals surface area contributed by atoms with Crippen molar-refractivity contribution in [1.82, 2.24) is 0 Å². The Morgan fingerprint density at radius 3 is 2.47 bits per heavy atom. The summed E-state index contributed by atoms with van der Waals surface area (Å²) in [5.74, 6) is 1.48. The van der Waals surface area contributed by atoms with Crippen molar-refractivity contribution in [3.63, 3.8) is 0 Å². The van der Waals surface area contributed by atoms with Gasteiger partial charge in [0.25, 0.3) is 0 Å². The van der Waals surface area contributed by atoms with Crippen LogP contribution in [0, 0.1) is 0 Å². The number of allylic oxidation sites excluding steroid dienone is 1. The van der Waals surface area contributed by atoms with Gasteiger partial charge in [-0.2, -0.15) is 0 Å². The number of methoxy groups -OCH3 is 2. The van der Waals surface area contributed by atoms with Gasteiger partial charge in [-0.25, -0.2) is 0 Å². The minimum Gasteiger partial charge on any atom is -0.493 e. The molecule has 0 radical (unpaired) electrons. The third-order valence-corrected chi connectivity index (χ3v) is 2.58. The van der Waals surface area contributed by atoms with Crippen LogP contribution in [0.4, 0.5) is 0 Å². The van der Waals surface area contributed by atoms with E-state index in [1.54, 1.807) is 14.2 Å². The second kappa shape index (κ2) is 5.81. The molecule has 3 heteroatoms. The van der Waals surface area contributed by atoms with Crippen molar-refractivity contribution in [2.45, 2.75) is 6.42 Å². The molecule has 1 aromatic rings. The molecule has 1 rings (SSSR count). The van der Waals surface area contributed by atoms with Crippen LogP contribution in [0.5, 0.6) is 11.5 Å². The Kier molecular flexibility index (Phi) is 4.69. The highest BCUT2D eigenvalue weighted by molar-refractivity contribution is 9.09. The fourth-order valence-corrected chi connectivity index (χ4v) is 1.79. The minimum atomic E-state index is 0.741. The van der Waals surface area contributed by atoms with E-state index in [9.17, 15) is 0 Å². The van der Waals surface area contributed by atoms with Crippen molar-refractivity contribution < 1.29 is 9.47 Å². The molecule has 2 nitrogen and oxygen atoms in total. The van der Waals surface area contributed by atoms with Crippen molar-refractivity contribution in [2.75, 3.05) is 19.5 Å².